The Labute approximate surface area is 463 Å². The molecule has 2 fully saturated rings. The molecule has 0 heterocycles. The molecular formula is C65H111N5O6. The fourth-order valence-corrected chi connectivity index (χ4v) is 12.6. The standard InChI is InChI=1S/C65H111N5O6/c1-8-10-12-23-27-34-52(5)64(48-57-47-55(57)35-30-29-33-51(3)4,50-69-60(72)42-39-56(62(74)66-7)49-68-61(73)43-46-67-58-40-37-54(38-41-58)63(75)76)65(70-59(53(6)71)36-28-24-13-11-9-2)44-31-25-21-19-17-15-14-16-18-20-22-26-32-45-65/h9,11,13,24,28,37,40,51-52,54-57,59,70H,2,8,10,12,14-23,25-27,29-36,38-39,41-50H2,1,3-7H3,(H,66,74)(H,68,73)(H,69,72)(H,75,76). The minimum atomic E-state index is -0.843. The number of amides is 3. The average molecular weight is 1060 g/mol. The number of nitrogens with one attached hydrogen (secondary N) is 4. The molecule has 11 nitrogen and oxygen atoms in total. The van der Waals surface area contributed by atoms with Gasteiger partial charge >= 0.3 is 5.97 Å². The van der Waals surface area contributed by atoms with E-state index in [1.807, 2.05) is 18.2 Å². The summed E-state index contributed by atoms with van der Waals surface area (Å²) in [4.78, 5) is 71.0. The van der Waals surface area contributed by atoms with Crippen LogP contribution in [-0.4, -0.2) is 78.6 Å². The second-order valence-corrected chi connectivity index (χ2v) is 24.1. The van der Waals surface area contributed by atoms with Gasteiger partial charge in [-0.1, -0.05) is 218 Å². The Hall–Kier alpha value is -3.86. The zero-order chi connectivity index (χ0) is 55.4. The molecule has 0 aromatic carbocycles. The summed E-state index contributed by atoms with van der Waals surface area (Å²) >= 11 is 0. The molecule has 3 rings (SSSR count). The summed E-state index contributed by atoms with van der Waals surface area (Å²) in [6.07, 6.45) is 47.8. The summed E-state index contributed by atoms with van der Waals surface area (Å²) in [5, 5.41) is 23.0. The van der Waals surface area contributed by atoms with Crippen molar-refractivity contribution in [3.05, 3.63) is 49.1 Å². The topological polar surface area (TPSA) is 166 Å². The van der Waals surface area contributed by atoms with E-state index >= 15 is 0 Å². The van der Waals surface area contributed by atoms with Crippen LogP contribution >= 0.6 is 0 Å². The first kappa shape index (κ1) is 66.4. The Morgan fingerprint density at radius 3 is 2.00 bits per heavy atom. The van der Waals surface area contributed by atoms with Crippen molar-refractivity contribution in [3.8, 4) is 0 Å². The summed E-state index contributed by atoms with van der Waals surface area (Å²) in [7, 11) is 1.59. The van der Waals surface area contributed by atoms with Crippen LogP contribution in [-0.2, 0) is 24.0 Å². The molecule has 11 heteroatoms. The Morgan fingerprint density at radius 1 is 0.789 bits per heavy atom. The molecular weight excluding hydrogens is 947 g/mol. The van der Waals surface area contributed by atoms with E-state index in [-0.39, 0.29) is 73.2 Å². The number of carbonyl (C=O) groups excluding carboxylic acids is 4. The molecule has 7 unspecified atom stereocenters. The number of carbonyl (C=O) groups is 5. The molecule has 7 atom stereocenters. The number of aliphatic imine (C=N–C) groups is 1. The van der Waals surface area contributed by atoms with Gasteiger partial charge < -0.3 is 26.4 Å². The van der Waals surface area contributed by atoms with Crippen molar-refractivity contribution in [1.82, 2.24) is 21.3 Å². The first-order valence-corrected chi connectivity index (χ1v) is 31.1. The highest BCUT2D eigenvalue weighted by Crippen LogP contribution is 2.57. The van der Waals surface area contributed by atoms with E-state index < -0.39 is 23.3 Å². The fraction of sp³-hybridized carbons (Fsp3) is 0.785. The molecule has 3 amide bonds. The summed E-state index contributed by atoms with van der Waals surface area (Å²) in [6.45, 7) is 15.9. The van der Waals surface area contributed by atoms with Crippen molar-refractivity contribution >= 4 is 35.2 Å². The monoisotopic (exact) mass is 1060 g/mol. The molecule has 3 aliphatic rings. The lowest BCUT2D eigenvalue weighted by atomic mass is 9.55. The minimum Gasteiger partial charge on any atom is -0.481 e. The SMILES string of the molecule is C=CC=CC=CCC(NC1(C(CNC(=O)CCC(CNC(=O)CCN=C2C=CC(C(=O)O)CC2)C(=O)NC)(CC2CC2CCCCC(C)C)C(C)CCCCCCC)CCCCCCCCCCCCCCC1)C(C)=O. The number of rotatable bonds is 34. The Bertz CT molecular complexity index is 1810. The van der Waals surface area contributed by atoms with Gasteiger partial charge in [-0.3, -0.25) is 29.0 Å². The number of hydrogen-bond acceptors (Lipinski definition) is 7. The highest BCUT2D eigenvalue weighted by atomic mass is 16.4. The van der Waals surface area contributed by atoms with Gasteiger partial charge in [-0.05, 0) is 88.0 Å². The van der Waals surface area contributed by atoms with E-state index in [4.69, 9.17) is 0 Å². The normalized spacial score (nSPS) is 22.4. The Kier molecular flexibility index (Phi) is 33.8. The largest absolute Gasteiger partial charge is 0.481 e. The lowest BCUT2D eigenvalue weighted by molar-refractivity contribution is -0.140. The second kappa shape index (κ2) is 38.7. The Balaban J connectivity index is 2.06. The summed E-state index contributed by atoms with van der Waals surface area (Å²) in [5.41, 5.74) is 0.0195. The quantitative estimate of drug-likeness (QED) is 0.0316. The van der Waals surface area contributed by atoms with Crippen LogP contribution in [0.5, 0.6) is 0 Å². The molecule has 0 spiro atoms. The molecule has 0 aromatic heterocycles. The smallest absolute Gasteiger partial charge is 0.310 e. The molecule has 76 heavy (non-hydrogen) atoms. The van der Waals surface area contributed by atoms with Crippen LogP contribution in [0, 0.1) is 40.9 Å². The van der Waals surface area contributed by atoms with E-state index in [2.05, 4.69) is 66.6 Å². The third-order valence-corrected chi connectivity index (χ3v) is 17.6. The van der Waals surface area contributed by atoms with E-state index in [9.17, 15) is 29.1 Å². The van der Waals surface area contributed by atoms with Crippen LogP contribution in [0.15, 0.2) is 54.1 Å². The van der Waals surface area contributed by atoms with Crippen molar-refractivity contribution in [2.24, 2.45) is 45.9 Å². The number of hydrogen-bond donors (Lipinski definition) is 5. The summed E-state index contributed by atoms with van der Waals surface area (Å²) in [6, 6.07) is -0.372. The zero-order valence-electron chi connectivity index (χ0n) is 49.2. The fourth-order valence-electron chi connectivity index (χ4n) is 12.6. The number of carboxylic acids is 1. The van der Waals surface area contributed by atoms with Gasteiger partial charge in [0.2, 0.25) is 17.7 Å². The van der Waals surface area contributed by atoms with Crippen molar-refractivity contribution in [2.75, 3.05) is 26.7 Å². The zero-order valence-corrected chi connectivity index (χ0v) is 49.2. The molecule has 2 saturated carbocycles. The third kappa shape index (κ3) is 25.7. The first-order valence-electron chi connectivity index (χ1n) is 31.1. The summed E-state index contributed by atoms with van der Waals surface area (Å²) < 4.78 is 0. The molecule has 0 aromatic rings. The maximum Gasteiger partial charge on any atom is 0.310 e. The molecule has 3 aliphatic carbocycles. The van der Waals surface area contributed by atoms with Crippen molar-refractivity contribution in [2.45, 2.75) is 258 Å². The van der Waals surface area contributed by atoms with Gasteiger partial charge in [0.15, 0.2) is 0 Å². The van der Waals surface area contributed by atoms with Gasteiger partial charge in [-0.15, -0.1) is 0 Å². The van der Waals surface area contributed by atoms with Crippen molar-refractivity contribution in [1.29, 1.82) is 0 Å². The van der Waals surface area contributed by atoms with E-state index in [1.165, 1.54) is 116 Å². The highest BCUT2D eigenvalue weighted by Gasteiger charge is 2.57. The summed E-state index contributed by atoms with van der Waals surface area (Å²) in [5.74, 6) is -0.0942. The molecule has 0 aliphatic heterocycles. The molecule has 0 radical (unpaired) electrons. The molecule has 5 N–H and O–H groups in total. The van der Waals surface area contributed by atoms with Crippen molar-refractivity contribution < 1.29 is 29.1 Å². The van der Waals surface area contributed by atoms with Crippen LogP contribution in [0.25, 0.3) is 0 Å². The number of Topliss-reactive ketones (excluding diaryl/α,β-unsaturated/α-hetero) is 1. The molecule has 432 valence electrons. The van der Waals surface area contributed by atoms with Gasteiger partial charge in [-0.2, -0.15) is 0 Å². The van der Waals surface area contributed by atoms with Gasteiger partial charge in [0.25, 0.3) is 0 Å². The number of carboxylic acid groups (broad SMARTS) is 1. The molecule has 0 bridgehead atoms. The number of ketones is 1. The van der Waals surface area contributed by atoms with Gasteiger partial charge in [0.05, 0.1) is 17.9 Å². The second-order valence-electron chi connectivity index (χ2n) is 24.1. The van der Waals surface area contributed by atoms with Crippen LogP contribution < -0.4 is 21.3 Å². The van der Waals surface area contributed by atoms with Crippen LogP contribution in [0.4, 0.5) is 0 Å². The highest BCUT2D eigenvalue weighted by molar-refractivity contribution is 5.97. The Morgan fingerprint density at radius 2 is 1.42 bits per heavy atom. The number of nitrogens with zero attached hydrogens (tertiary/aromatic N) is 1. The number of unbranched alkanes of at least 4 members (excludes halogenated alkanes) is 5. The molecule has 0 saturated heterocycles. The van der Waals surface area contributed by atoms with Crippen LogP contribution in [0.1, 0.15) is 247 Å². The van der Waals surface area contributed by atoms with E-state index in [0.717, 1.165) is 63.5 Å². The lowest BCUT2D eigenvalue weighted by Gasteiger charge is -2.57. The van der Waals surface area contributed by atoms with E-state index in [0.29, 0.717) is 43.6 Å². The minimum absolute atomic E-state index is 0.0781. The number of allylic oxidation sites excluding steroid dienone is 5. The van der Waals surface area contributed by atoms with E-state index in [1.54, 1.807) is 32.2 Å². The maximum atomic E-state index is 14.6. The third-order valence-electron chi connectivity index (χ3n) is 17.6. The lowest BCUT2D eigenvalue weighted by Crippen LogP contribution is -2.67. The van der Waals surface area contributed by atoms with Crippen LogP contribution in [0.2, 0.25) is 0 Å². The first-order chi connectivity index (χ1) is 36.7. The average Bonchev–Trinajstić information content (AvgIpc) is 4.15. The van der Waals surface area contributed by atoms with Crippen molar-refractivity contribution in [3.63, 3.8) is 0 Å². The predicted molar refractivity (Wildman–Crippen MR) is 316 cm³/mol. The maximum absolute atomic E-state index is 14.6. The predicted octanol–water partition coefficient (Wildman–Crippen LogP) is 14.3. The van der Waals surface area contributed by atoms with Gasteiger partial charge in [0.1, 0.15) is 5.78 Å². The van der Waals surface area contributed by atoms with Gasteiger partial charge in [0, 0.05) is 56.2 Å². The van der Waals surface area contributed by atoms with Gasteiger partial charge in [-0.25, -0.2) is 0 Å². The van der Waals surface area contributed by atoms with Crippen LogP contribution in [0.3, 0.4) is 0 Å². The number of aliphatic carboxylic acids is 1.